The first kappa shape index (κ1) is 16.1. The molecular formula is C11H16IN5O4. The summed E-state index contributed by atoms with van der Waals surface area (Å²) in [6.07, 6.45) is -1.67. The number of aliphatic imine (C=N–C) groups is 1. The lowest BCUT2D eigenvalue weighted by molar-refractivity contribution is -0.00841. The van der Waals surface area contributed by atoms with Crippen molar-refractivity contribution >= 4 is 47.0 Å². The van der Waals surface area contributed by atoms with Gasteiger partial charge in [-0.25, -0.2) is 0 Å². The molecule has 21 heavy (non-hydrogen) atoms. The summed E-state index contributed by atoms with van der Waals surface area (Å²) in [7, 11) is 1.63. The molecule has 1 aliphatic rings. The number of anilines is 2. The minimum Gasteiger partial charge on any atom is -0.394 e. The molecular weight excluding hydrogens is 393 g/mol. The predicted molar refractivity (Wildman–Crippen MR) is 86.5 cm³/mol. The number of hydrogen-bond acceptors (Lipinski definition) is 8. The van der Waals surface area contributed by atoms with Crippen molar-refractivity contribution in [3.05, 3.63) is 10.4 Å². The van der Waals surface area contributed by atoms with Crippen molar-refractivity contribution in [1.29, 1.82) is 0 Å². The maximum Gasteiger partial charge on any atom is 0.280 e. The van der Waals surface area contributed by atoms with Gasteiger partial charge < -0.3 is 19.8 Å². The van der Waals surface area contributed by atoms with Crippen LogP contribution in [0.4, 0.5) is 17.5 Å². The van der Waals surface area contributed by atoms with Crippen LogP contribution in [-0.4, -0.2) is 59.0 Å². The van der Waals surface area contributed by atoms with Crippen LogP contribution in [0.3, 0.4) is 0 Å². The number of nitrogens with one attached hydrogen (secondary N) is 2. The van der Waals surface area contributed by atoms with Gasteiger partial charge in [0.25, 0.3) is 5.56 Å². The summed E-state index contributed by atoms with van der Waals surface area (Å²) in [6.45, 7) is 3.18. The van der Waals surface area contributed by atoms with Gasteiger partial charge in [-0.15, -0.1) is 0 Å². The highest BCUT2D eigenvalue weighted by Crippen LogP contribution is 2.29. The molecule has 0 saturated carbocycles. The second-order valence-electron chi connectivity index (χ2n) is 4.58. The molecule has 0 aromatic carbocycles. The van der Waals surface area contributed by atoms with Crippen LogP contribution < -0.4 is 14.0 Å². The van der Waals surface area contributed by atoms with Gasteiger partial charge in [-0.05, 0) is 6.72 Å². The second kappa shape index (κ2) is 6.68. The van der Waals surface area contributed by atoms with Crippen LogP contribution in [0.25, 0.3) is 0 Å². The van der Waals surface area contributed by atoms with E-state index in [-0.39, 0.29) is 24.1 Å². The summed E-state index contributed by atoms with van der Waals surface area (Å²) < 4.78 is 8.25. The average Bonchev–Trinajstić information content (AvgIpc) is 2.86. The number of nitrogens with zero attached hydrogens (tertiary/aromatic N) is 3. The van der Waals surface area contributed by atoms with Gasteiger partial charge in [0.15, 0.2) is 17.7 Å². The van der Waals surface area contributed by atoms with E-state index in [9.17, 15) is 9.90 Å². The quantitative estimate of drug-likeness (QED) is 0.301. The number of aliphatic hydroxyl groups is 2. The third kappa shape index (κ3) is 3.17. The van der Waals surface area contributed by atoms with E-state index < -0.39 is 24.0 Å². The Hall–Kier alpha value is -1.24. The number of rotatable bonds is 5. The van der Waals surface area contributed by atoms with Crippen molar-refractivity contribution in [2.75, 3.05) is 22.1 Å². The molecule has 116 valence electrons. The number of ether oxygens (including phenoxy) is 1. The minimum atomic E-state index is -0.804. The SMILES string of the molecule is C=Nc1c(N(C)[C@@H]2OC(CO)C[C@@H]2O)nc(NI)[nH]c1=O. The maximum absolute atomic E-state index is 11.9. The summed E-state index contributed by atoms with van der Waals surface area (Å²) in [5.41, 5.74) is -0.414. The van der Waals surface area contributed by atoms with E-state index in [0.29, 0.717) is 6.42 Å². The van der Waals surface area contributed by atoms with Gasteiger partial charge in [-0.3, -0.25) is 18.3 Å². The fourth-order valence-electron chi connectivity index (χ4n) is 2.20. The number of aromatic nitrogens is 2. The number of likely N-dealkylation sites (N-methyl/N-ethyl adjacent to an activating group) is 1. The van der Waals surface area contributed by atoms with E-state index in [1.807, 2.05) is 22.9 Å². The molecule has 1 saturated heterocycles. The first-order valence-corrected chi connectivity index (χ1v) is 7.24. The van der Waals surface area contributed by atoms with E-state index in [2.05, 4.69) is 25.2 Å². The van der Waals surface area contributed by atoms with E-state index in [1.54, 1.807) is 7.05 Å². The molecule has 9 nitrogen and oxygen atoms in total. The van der Waals surface area contributed by atoms with Gasteiger partial charge in [-0.1, -0.05) is 0 Å². The normalized spacial score (nSPS) is 24.9. The number of aromatic amines is 1. The van der Waals surface area contributed by atoms with Crippen molar-refractivity contribution in [1.82, 2.24) is 9.97 Å². The second-order valence-corrected chi connectivity index (χ2v) is 5.12. The molecule has 3 atom stereocenters. The smallest absolute Gasteiger partial charge is 0.280 e. The molecule has 1 unspecified atom stereocenters. The molecule has 1 fully saturated rings. The lowest BCUT2D eigenvalue weighted by atomic mass is 10.2. The topological polar surface area (TPSA) is 123 Å². The Morgan fingerprint density at radius 2 is 2.43 bits per heavy atom. The van der Waals surface area contributed by atoms with Crippen molar-refractivity contribution in [3.63, 3.8) is 0 Å². The Kier molecular flexibility index (Phi) is 5.13. The fourth-order valence-corrected chi connectivity index (χ4v) is 2.46. The van der Waals surface area contributed by atoms with Crippen molar-refractivity contribution in [3.8, 4) is 0 Å². The Morgan fingerprint density at radius 1 is 1.71 bits per heavy atom. The molecule has 0 aliphatic carbocycles. The van der Waals surface area contributed by atoms with Gasteiger partial charge in [0.05, 0.1) is 35.6 Å². The molecule has 0 bridgehead atoms. The molecule has 2 heterocycles. The van der Waals surface area contributed by atoms with Crippen LogP contribution in [0.2, 0.25) is 0 Å². The summed E-state index contributed by atoms with van der Waals surface area (Å²) in [5.74, 6) is 0.483. The number of halogens is 1. The highest BCUT2D eigenvalue weighted by atomic mass is 127. The van der Waals surface area contributed by atoms with Crippen LogP contribution in [0, 0.1) is 0 Å². The lowest BCUT2D eigenvalue weighted by Crippen LogP contribution is -2.40. The Balaban J connectivity index is 2.38. The van der Waals surface area contributed by atoms with Crippen molar-refractivity contribution in [2.24, 2.45) is 4.99 Å². The van der Waals surface area contributed by atoms with E-state index in [0.717, 1.165) is 0 Å². The summed E-state index contributed by atoms with van der Waals surface area (Å²) in [5, 5.41) is 19.1. The van der Waals surface area contributed by atoms with Gasteiger partial charge in [0, 0.05) is 13.5 Å². The van der Waals surface area contributed by atoms with E-state index >= 15 is 0 Å². The van der Waals surface area contributed by atoms with Crippen molar-refractivity contribution < 1.29 is 14.9 Å². The molecule has 4 N–H and O–H groups in total. The average molecular weight is 409 g/mol. The monoisotopic (exact) mass is 409 g/mol. The Labute approximate surface area is 134 Å². The third-order valence-corrected chi connectivity index (χ3v) is 3.72. The van der Waals surface area contributed by atoms with E-state index in [4.69, 9.17) is 9.84 Å². The summed E-state index contributed by atoms with van der Waals surface area (Å²) in [6, 6.07) is 0. The third-order valence-electron chi connectivity index (χ3n) is 3.21. The maximum atomic E-state index is 11.9. The molecule has 2 rings (SSSR count). The van der Waals surface area contributed by atoms with Gasteiger partial charge >= 0.3 is 0 Å². The van der Waals surface area contributed by atoms with Crippen molar-refractivity contribution in [2.45, 2.75) is 24.9 Å². The van der Waals surface area contributed by atoms with E-state index in [1.165, 1.54) is 4.90 Å². The molecule has 0 amide bonds. The zero-order chi connectivity index (χ0) is 15.6. The van der Waals surface area contributed by atoms with Crippen LogP contribution >= 0.6 is 22.9 Å². The fraction of sp³-hybridized carbons (Fsp3) is 0.545. The number of aliphatic hydroxyl groups excluding tert-OH is 2. The molecule has 0 spiro atoms. The van der Waals surface area contributed by atoms with Crippen LogP contribution in [0.15, 0.2) is 9.79 Å². The number of hydrogen-bond donors (Lipinski definition) is 4. The highest BCUT2D eigenvalue weighted by Gasteiger charge is 2.37. The summed E-state index contributed by atoms with van der Waals surface area (Å²) in [4.78, 5) is 23.8. The summed E-state index contributed by atoms with van der Waals surface area (Å²) >= 11 is 1.83. The largest absolute Gasteiger partial charge is 0.394 e. The first-order chi connectivity index (χ1) is 10.0. The number of H-pyrrole nitrogens is 1. The highest BCUT2D eigenvalue weighted by molar-refractivity contribution is 14.1. The van der Waals surface area contributed by atoms with Crippen LogP contribution in [0.5, 0.6) is 0 Å². The minimum absolute atomic E-state index is 0.0381. The predicted octanol–water partition coefficient (Wildman–Crippen LogP) is -0.232. The molecule has 1 aromatic rings. The van der Waals surface area contributed by atoms with Gasteiger partial charge in [-0.2, -0.15) is 4.98 Å². The lowest BCUT2D eigenvalue weighted by Gasteiger charge is -2.28. The van der Waals surface area contributed by atoms with Gasteiger partial charge in [0.2, 0.25) is 5.95 Å². The molecule has 1 aliphatic heterocycles. The molecule has 0 radical (unpaired) electrons. The Morgan fingerprint density at radius 3 is 2.95 bits per heavy atom. The van der Waals surface area contributed by atoms with Crippen LogP contribution in [0.1, 0.15) is 6.42 Å². The van der Waals surface area contributed by atoms with Crippen LogP contribution in [-0.2, 0) is 4.74 Å². The molecule has 10 heteroatoms. The Bertz CT molecular complexity index is 580. The zero-order valence-corrected chi connectivity index (χ0v) is 13.4. The standard InChI is InChI=1S/C11H16IN5O4/c1-13-7-8(14-11(16-12)15-9(7)20)17(2)10-6(19)3-5(4-18)21-10/h5-6,10,18-19H,1,3-4H2,2H3,(H2,14,15,16,20)/t5?,6-,10+/m0/s1. The first-order valence-electron chi connectivity index (χ1n) is 6.16. The van der Waals surface area contributed by atoms with Gasteiger partial charge in [0.1, 0.15) is 6.10 Å². The molecule has 1 aromatic heterocycles. The zero-order valence-electron chi connectivity index (χ0n) is 11.3.